The van der Waals surface area contributed by atoms with Gasteiger partial charge in [0.15, 0.2) is 16.6 Å². The predicted molar refractivity (Wildman–Crippen MR) is 119 cm³/mol. The van der Waals surface area contributed by atoms with Crippen LogP contribution in [0.1, 0.15) is 36.4 Å². The van der Waals surface area contributed by atoms with Gasteiger partial charge in [-0.2, -0.15) is 15.2 Å². The predicted octanol–water partition coefficient (Wildman–Crippen LogP) is 3.62. The van der Waals surface area contributed by atoms with E-state index in [0.717, 1.165) is 18.4 Å². The molecule has 5 rings (SSSR count). The number of hydrogen-bond donors (Lipinski definition) is 0. The monoisotopic (exact) mass is 491 g/mol. The number of aryl methyl sites for hydroxylation is 3. The van der Waals surface area contributed by atoms with Crippen LogP contribution < -0.4 is 4.74 Å². The van der Waals surface area contributed by atoms with E-state index in [1.54, 1.807) is 21.1 Å². The average Bonchev–Trinajstić information content (AvgIpc) is 3.35. The molecule has 12 nitrogen and oxygen atoms in total. The first-order valence-corrected chi connectivity index (χ1v) is 11.0. The molecule has 14 heteroatoms. The fourth-order valence-electron chi connectivity index (χ4n) is 3.80. The summed E-state index contributed by atoms with van der Waals surface area (Å²) in [4.78, 5) is 19.6. The van der Waals surface area contributed by atoms with Gasteiger partial charge in [-0.05, 0) is 31.4 Å². The second kappa shape index (κ2) is 8.27. The fourth-order valence-corrected chi connectivity index (χ4v) is 4.15. The maximum absolute atomic E-state index is 11.9. The van der Waals surface area contributed by atoms with Gasteiger partial charge in [-0.1, -0.05) is 11.6 Å². The third-order valence-corrected chi connectivity index (χ3v) is 5.83. The summed E-state index contributed by atoms with van der Waals surface area (Å²) < 4.78 is 10.6. The van der Waals surface area contributed by atoms with Crippen molar-refractivity contribution in [2.75, 3.05) is 6.61 Å². The molecular formula is C19H19Cl2N9O3. The second-order valence-corrected chi connectivity index (χ2v) is 8.58. The van der Waals surface area contributed by atoms with Crippen LogP contribution in [0, 0.1) is 17.0 Å². The van der Waals surface area contributed by atoms with Crippen molar-refractivity contribution in [2.24, 2.45) is 7.05 Å². The van der Waals surface area contributed by atoms with E-state index >= 15 is 0 Å². The molecule has 0 aliphatic heterocycles. The van der Waals surface area contributed by atoms with Crippen molar-refractivity contribution in [3.8, 4) is 11.7 Å². The van der Waals surface area contributed by atoms with Gasteiger partial charge in [0.2, 0.25) is 5.28 Å². The van der Waals surface area contributed by atoms with Crippen LogP contribution in [0.25, 0.3) is 16.9 Å². The lowest BCUT2D eigenvalue weighted by atomic mass is 10.2. The van der Waals surface area contributed by atoms with Crippen molar-refractivity contribution in [1.29, 1.82) is 0 Å². The number of nitrogens with zero attached hydrogens (tertiary/aromatic N) is 9. The summed E-state index contributed by atoms with van der Waals surface area (Å²) in [5.41, 5.74) is 1.81. The molecule has 0 spiro atoms. The number of nitro groups is 1. The summed E-state index contributed by atoms with van der Waals surface area (Å²) in [6, 6.07) is 0. The highest BCUT2D eigenvalue weighted by Crippen LogP contribution is 2.48. The number of hydrogen-bond acceptors (Lipinski definition) is 8. The summed E-state index contributed by atoms with van der Waals surface area (Å²) in [7, 11) is 1.80. The van der Waals surface area contributed by atoms with E-state index in [1.165, 1.54) is 6.20 Å². The van der Waals surface area contributed by atoms with Crippen molar-refractivity contribution < 1.29 is 9.66 Å². The van der Waals surface area contributed by atoms with Crippen LogP contribution >= 0.6 is 23.2 Å². The minimum absolute atomic E-state index is 0.0133. The van der Waals surface area contributed by atoms with Crippen LogP contribution in [-0.2, 0) is 13.6 Å². The maximum atomic E-state index is 11.9. The van der Waals surface area contributed by atoms with Gasteiger partial charge < -0.3 is 4.74 Å². The SMILES string of the molecule is Cc1cn(C)nc1-n1nc(OCCCn2nc(Cl)c3cnc(Cl)nc32)c([N+](=O)[O-])c1C1CC1. The highest BCUT2D eigenvalue weighted by atomic mass is 35.5. The Morgan fingerprint density at radius 3 is 2.73 bits per heavy atom. The molecule has 0 N–H and O–H groups in total. The van der Waals surface area contributed by atoms with E-state index in [-0.39, 0.29) is 34.5 Å². The van der Waals surface area contributed by atoms with Gasteiger partial charge >= 0.3 is 11.6 Å². The quantitative estimate of drug-likeness (QED) is 0.158. The Labute approximate surface area is 197 Å². The molecule has 0 aromatic carbocycles. The summed E-state index contributed by atoms with van der Waals surface area (Å²) in [5.74, 6) is 0.617. The zero-order valence-electron chi connectivity index (χ0n) is 17.8. The minimum atomic E-state index is -0.426. The number of halogens is 2. The van der Waals surface area contributed by atoms with Crippen molar-refractivity contribution in [3.05, 3.63) is 44.2 Å². The van der Waals surface area contributed by atoms with Gasteiger partial charge in [-0.25, -0.2) is 14.3 Å². The minimum Gasteiger partial charge on any atom is -0.472 e. The lowest BCUT2D eigenvalue weighted by molar-refractivity contribution is -0.386. The molecule has 1 aliphatic carbocycles. The molecule has 4 aromatic heterocycles. The Morgan fingerprint density at radius 2 is 2.06 bits per heavy atom. The van der Waals surface area contributed by atoms with Crippen LogP contribution in [0.3, 0.4) is 0 Å². The Kier molecular flexibility index (Phi) is 5.41. The van der Waals surface area contributed by atoms with Gasteiger partial charge in [0, 0.05) is 43.9 Å². The van der Waals surface area contributed by atoms with Crippen molar-refractivity contribution >= 4 is 39.9 Å². The summed E-state index contributed by atoms with van der Waals surface area (Å²) >= 11 is 12.0. The zero-order valence-corrected chi connectivity index (χ0v) is 19.3. The number of aromatic nitrogens is 8. The Morgan fingerprint density at radius 1 is 1.27 bits per heavy atom. The van der Waals surface area contributed by atoms with E-state index in [2.05, 4.69) is 25.3 Å². The normalized spacial score (nSPS) is 13.7. The molecule has 0 unspecified atom stereocenters. The molecular weight excluding hydrogens is 473 g/mol. The van der Waals surface area contributed by atoms with E-state index in [0.29, 0.717) is 35.5 Å². The van der Waals surface area contributed by atoms with E-state index in [1.807, 2.05) is 13.1 Å². The molecule has 1 saturated carbocycles. The van der Waals surface area contributed by atoms with Crippen LogP contribution in [0.5, 0.6) is 5.88 Å². The van der Waals surface area contributed by atoms with Gasteiger partial charge in [-0.15, -0.1) is 5.10 Å². The molecule has 0 radical (unpaired) electrons. The molecule has 0 amide bonds. The third kappa shape index (κ3) is 4.00. The standard InChI is InChI=1S/C19H19Cl2N9O3/c1-10-9-27(2)25-16(10)29-13(11-4-5-11)14(30(31)32)18(26-29)33-7-3-6-28-17-12(15(20)24-28)8-22-19(21)23-17/h8-9,11H,3-7H2,1-2H3. The van der Waals surface area contributed by atoms with E-state index < -0.39 is 4.92 Å². The van der Waals surface area contributed by atoms with Gasteiger partial charge in [-0.3, -0.25) is 14.8 Å². The molecule has 0 saturated heterocycles. The summed E-state index contributed by atoms with van der Waals surface area (Å²) in [6.45, 7) is 2.49. The fraction of sp³-hybridized carbons (Fsp3) is 0.421. The Hall–Kier alpha value is -3.25. The summed E-state index contributed by atoms with van der Waals surface area (Å²) in [6.07, 6.45) is 5.59. The zero-order chi connectivity index (χ0) is 23.3. The van der Waals surface area contributed by atoms with Gasteiger partial charge in [0.05, 0.1) is 16.9 Å². The molecule has 1 fully saturated rings. The second-order valence-electron chi connectivity index (χ2n) is 7.88. The highest BCUT2D eigenvalue weighted by molar-refractivity contribution is 6.34. The molecule has 4 heterocycles. The molecule has 4 aromatic rings. The number of rotatable bonds is 8. The van der Waals surface area contributed by atoms with E-state index in [4.69, 9.17) is 27.9 Å². The molecule has 33 heavy (non-hydrogen) atoms. The van der Waals surface area contributed by atoms with Crippen LogP contribution in [0.15, 0.2) is 12.4 Å². The number of ether oxygens (including phenoxy) is 1. The Bertz CT molecular complexity index is 1370. The largest absolute Gasteiger partial charge is 0.472 e. The average molecular weight is 492 g/mol. The maximum Gasteiger partial charge on any atom is 0.354 e. The third-order valence-electron chi connectivity index (χ3n) is 5.36. The first-order chi connectivity index (χ1) is 15.8. The molecule has 0 atom stereocenters. The van der Waals surface area contributed by atoms with Crippen molar-refractivity contribution in [2.45, 2.75) is 38.6 Å². The van der Waals surface area contributed by atoms with Crippen molar-refractivity contribution in [3.63, 3.8) is 0 Å². The molecule has 172 valence electrons. The lowest BCUT2D eigenvalue weighted by Crippen LogP contribution is -2.08. The van der Waals surface area contributed by atoms with Gasteiger partial charge in [0.1, 0.15) is 5.69 Å². The van der Waals surface area contributed by atoms with Crippen LogP contribution in [0.2, 0.25) is 10.4 Å². The Balaban J connectivity index is 1.38. The smallest absolute Gasteiger partial charge is 0.354 e. The lowest BCUT2D eigenvalue weighted by Gasteiger charge is -2.04. The van der Waals surface area contributed by atoms with Crippen LogP contribution in [-0.4, -0.2) is 50.8 Å². The van der Waals surface area contributed by atoms with Crippen LogP contribution in [0.4, 0.5) is 5.69 Å². The first kappa shape index (κ1) is 21.6. The highest BCUT2D eigenvalue weighted by Gasteiger charge is 2.40. The number of fused-ring (bicyclic) bond motifs is 1. The molecule has 0 bridgehead atoms. The van der Waals surface area contributed by atoms with E-state index in [9.17, 15) is 10.1 Å². The topological polar surface area (TPSA) is 132 Å². The van der Waals surface area contributed by atoms with Gasteiger partial charge in [0.25, 0.3) is 0 Å². The van der Waals surface area contributed by atoms with Crippen molar-refractivity contribution in [1.82, 2.24) is 39.3 Å². The summed E-state index contributed by atoms with van der Waals surface area (Å²) in [5, 5.41) is 26.0. The first-order valence-electron chi connectivity index (χ1n) is 10.3. The molecule has 1 aliphatic rings.